The minimum Gasteiger partial charge on any atom is -0.493 e. The van der Waals surface area contributed by atoms with E-state index in [1.54, 1.807) is 84.9 Å². The van der Waals surface area contributed by atoms with Crippen molar-refractivity contribution in [3.8, 4) is 23.0 Å². The van der Waals surface area contributed by atoms with Gasteiger partial charge >= 0.3 is 11.9 Å². The third-order valence-corrected chi connectivity index (χ3v) is 7.66. The maximum absolute atomic E-state index is 12.4. The van der Waals surface area contributed by atoms with E-state index in [4.69, 9.17) is 18.9 Å². The van der Waals surface area contributed by atoms with Gasteiger partial charge in [0.25, 0.3) is 0 Å². The normalized spacial score (nSPS) is 10.9. The van der Waals surface area contributed by atoms with Gasteiger partial charge in [-0.25, -0.2) is 20.4 Å². The zero-order valence-electron chi connectivity index (χ0n) is 29.2. The quantitative estimate of drug-likeness (QED) is 0.0352. The van der Waals surface area contributed by atoms with E-state index < -0.39 is 11.9 Å². The summed E-state index contributed by atoms with van der Waals surface area (Å²) in [6, 6.07) is 27.3. The Morgan fingerprint density at radius 2 is 0.904 bits per heavy atom. The van der Waals surface area contributed by atoms with Crippen molar-refractivity contribution in [3.05, 3.63) is 119 Å². The molecule has 0 aliphatic rings. The monoisotopic (exact) mass is 706 g/mol. The van der Waals surface area contributed by atoms with E-state index in [-0.39, 0.29) is 23.3 Å². The summed E-state index contributed by atoms with van der Waals surface area (Å²) in [4.78, 5) is 49.1. The number of carbonyl (C=O) groups excluding carboxylic acids is 4. The number of nitrogens with one attached hydrogen (secondary N) is 2. The van der Waals surface area contributed by atoms with Gasteiger partial charge in [-0.2, -0.15) is 10.2 Å². The fourth-order valence-electron chi connectivity index (χ4n) is 4.91. The molecule has 4 rings (SSSR count). The molecular weight excluding hydrogens is 664 g/mol. The van der Waals surface area contributed by atoms with E-state index >= 15 is 0 Å². The van der Waals surface area contributed by atoms with E-state index in [1.165, 1.54) is 26.6 Å². The number of hydrazone groups is 2. The fraction of sp³-hybridized carbons (Fsp3) is 0.250. The molecule has 4 aromatic rings. The molecule has 0 saturated heterocycles. The number of hydrogen-bond acceptors (Lipinski definition) is 10. The zero-order chi connectivity index (χ0) is 37.0. The van der Waals surface area contributed by atoms with Crippen LogP contribution < -0.4 is 29.8 Å². The van der Waals surface area contributed by atoms with E-state index in [2.05, 4.69) is 21.1 Å². The second kappa shape index (κ2) is 21.0. The van der Waals surface area contributed by atoms with E-state index in [1.807, 2.05) is 12.1 Å². The van der Waals surface area contributed by atoms with Gasteiger partial charge in [0.15, 0.2) is 23.0 Å². The lowest BCUT2D eigenvalue weighted by Gasteiger charge is -2.10. The zero-order valence-corrected chi connectivity index (χ0v) is 29.2. The van der Waals surface area contributed by atoms with Gasteiger partial charge in [0.05, 0.1) is 37.8 Å². The van der Waals surface area contributed by atoms with Crippen molar-refractivity contribution in [1.29, 1.82) is 0 Å². The van der Waals surface area contributed by atoms with Crippen molar-refractivity contribution >= 4 is 36.2 Å². The van der Waals surface area contributed by atoms with Crippen LogP contribution in [-0.4, -0.2) is 50.4 Å². The third-order valence-electron chi connectivity index (χ3n) is 7.66. The summed E-state index contributed by atoms with van der Waals surface area (Å²) in [5, 5.41) is 8.04. The lowest BCUT2D eigenvalue weighted by atomic mass is 10.1. The molecule has 2 amide bonds. The molecular formula is C40H42N4O8. The van der Waals surface area contributed by atoms with Crippen molar-refractivity contribution in [2.24, 2.45) is 10.2 Å². The van der Waals surface area contributed by atoms with Crippen molar-refractivity contribution < 1.29 is 38.1 Å². The number of benzene rings is 4. The summed E-state index contributed by atoms with van der Waals surface area (Å²) in [6.45, 7) is 0. The largest absolute Gasteiger partial charge is 0.493 e. The van der Waals surface area contributed by atoms with Crippen LogP contribution in [0.2, 0.25) is 0 Å². The molecule has 0 fully saturated rings. The second-order valence-corrected chi connectivity index (χ2v) is 11.5. The summed E-state index contributed by atoms with van der Waals surface area (Å²) in [5.41, 5.74) is 7.24. The number of carbonyl (C=O) groups is 4. The molecule has 0 unspecified atom stereocenters. The van der Waals surface area contributed by atoms with Crippen LogP contribution in [0.4, 0.5) is 0 Å². The van der Waals surface area contributed by atoms with Crippen LogP contribution in [-0.2, 0) is 9.59 Å². The molecule has 0 radical (unpaired) electrons. The Morgan fingerprint density at radius 1 is 0.519 bits per heavy atom. The molecule has 0 aliphatic carbocycles. The number of esters is 2. The minimum atomic E-state index is -0.494. The molecule has 0 heterocycles. The predicted octanol–water partition coefficient (Wildman–Crippen LogP) is 6.86. The molecule has 270 valence electrons. The highest BCUT2D eigenvalue weighted by Gasteiger charge is 2.14. The Labute approximate surface area is 302 Å². The number of methoxy groups -OCH3 is 2. The van der Waals surface area contributed by atoms with Crippen molar-refractivity contribution in [2.75, 3.05) is 14.2 Å². The number of amides is 2. The van der Waals surface area contributed by atoms with Crippen LogP contribution in [0, 0.1) is 0 Å². The van der Waals surface area contributed by atoms with Gasteiger partial charge < -0.3 is 18.9 Å². The molecule has 0 spiro atoms. The minimum absolute atomic E-state index is 0.185. The van der Waals surface area contributed by atoms with Crippen LogP contribution in [0.3, 0.4) is 0 Å². The number of rotatable bonds is 19. The molecule has 0 atom stereocenters. The molecule has 4 aromatic carbocycles. The summed E-state index contributed by atoms with van der Waals surface area (Å²) in [7, 11) is 2.95. The summed E-state index contributed by atoms with van der Waals surface area (Å²) in [5.74, 6) is -0.0858. The average molecular weight is 707 g/mol. The lowest BCUT2D eigenvalue weighted by Crippen LogP contribution is -2.17. The molecule has 2 N–H and O–H groups in total. The average Bonchev–Trinajstić information content (AvgIpc) is 3.17. The molecule has 0 bridgehead atoms. The maximum Gasteiger partial charge on any atom is 0.343 e. The maximum atomic E-state index is 12.4. The highest BCUT2D eigenvalue weighted by atomic mass is 16.6. The van der Waals surface area contributed by atoms with E-state index in [0.717, 1.165) is 38.5 Å². The van der Waals surface area contributed by atoms with Gasteiger partial charge in [0.2, 0.25) is 11.8 Å². The summed E-state index contributed by atoms with van der Waals surface area (Å²) < 4.78 is 21.6. The van der Waals surface area contributed by atoms with Crippen LogP contribution in [0.15, 0.2) is 107 Å². The van der Waals surface area contributed by atoms with Crippen molar-refractivity contribution in [1.82, 2.24) is 10.9 Å². The molecule has 0 aromatic heterocycles. The Kier molecular flexibility index (Phi) is 15.6. The molecule has 0 saturated carbocycles. The van der Waals surface area contributed by atoms with Gasteiger partial charge in [0.1, 0.15) is 0 Å². The molecule has 52 heavy (non-hydrogen) atoms. The van der Waals surface area contributed by atoms with E-state index in [9.17, 15) is 19.2 Å². The standard InChI is InChI=1S/C40H42N4O8/c1-49-35-25-29(21-23-33(35)51-39(47)31-15-9-7-10-16-31)27-41-43-37(45)19-13-5-3-4-6-14-20-38(46)44-42-28-30-22-24-34(36(26-30)50-2)52-40(48)32-17-11-8-12-18-32/h7-12,15-18,21-28H,3-6,13-14,19-20H2,1-2H3,(H,43,45)(H,44,46)/b41-27+,42-28+. The van der Waals surface area contributed by atoms with Gasteiger partial charge in [0, 0.05) is 12.8 Å². The first-order chi connectivity index (χ1) is 25.4. The van der Waals surface area contributed by atoms with E-state index in [0.29, 0.717) is 46.6 Å². The number of nitrogens with zero attached hydrogens (tertiary/aromatic N) is 2. The SMILES string of the molecule is COc1cc(/C=N/NC(=O)CCCCCCCCC(=O)N/N=C/c2ccc(OC(=O)c3ccccc3)c(OC)c2)ccc1OC(=O)c1ccccc1. The van der Waals surface area contributed by atoms with Gasteiger partial charge in [-0.15, -0.1) is 0 Å². The highest BCUT2D eigenvalue weighted by molar-refractivity contribution is 5.92. The number of ether oxygens (including phenoxy) is 4. The second-order valence-electron chi connectivity index (χ2n) is 11.5. The number of unbranched alkanes of at least 4 members (excludes halogenated alkanes) is 5. The van der Waals surface area contributed by atoms with Crippen LogP contribution >= 0.6 is 0 Å². The Hall–Kier alpha value is -6.30. The highest BCUT2D eigenvalue weighted by Crippen LogP contribution is 2.29. The lowest BCUT2D eigenvalue weighted by molar-refractivity contribution is -0.122. The first-order valence-corrected chi connectivity index (χ1v) is 16.9. The van der Waals surface area contributed by atoms with Gasteiger partial charge in [-0.05, 0) is 84.6 Å². The molecule has 0 aliphatic heterocycles. The fourth-order valence-corrected chi connectivity index (χ4v) is 4.91. The first kappa shape index (κ1) is 38.5. The van der Waals surface area contributed by atoms with Crippen LogP contribution in [0.5, 0.6) is 23.0 Å². The van der Waals surface area contributed by atoms with Crippen molar-refractivity contribution in [2.45, 2.75) is 51.4 Å². The third kappa shape index (κ3) is 12.9. The first-order valence-electron chi connectivity index (χ1n) is 16.9. The Balaban J connectivity index is 1.05. The summed E-state index contributed by atoms with van der Waals surface area (Å²) >= 11 is 0. The van der Waals surface area contributed by atoms with Crippen LogP contribution in [0.25, 0.3) is 0 Å². The smallest absolute Gasteiger partial charge is 0.343 e. The van der Waals surface area contributed by atoms with Gasteiger partial charge in [-0.3, -0.25) is 9.59 Å². The van der Waals surface area contributed by atoms with Crippen molar-refractivity contribution in [3.63, 3.8) is 0 Å². The molecule has 12 nitrogen and oxygen atoms in total. The molecule has 12 heteroatoms. The van der Waals surface area contributed by atoms with Crippen LogP contribution in [0.1, 0.15) is 83.2 Å². The predicted molar refractivity (Wildman–Crippen MR) is 197 cm³/mol. The summed E-state index contributed by atoms with van der Waals surface area (Å²) in [6.07, 6.45) is 8.83. The topological polar surface area (TPSA) is 154 Å². The van der Waals surface area contributed by atoms with Gasteiger partial charge in [-0.1, -0.05) is 62.1 Å². The Bertz CT molecular complexity index is 1710. The number of hydrogen-bond donors (Lipinski definition) is 2. The Morgan fingerprint density at radius 3 is 1.29 bits per heavy atom.